The Morgan fingerprint density at radius 1 is 1.00 bits per heavy atom. The Labute approximate surface area is 166 Å². The molecule has 7 heteroatoms. The molecular formula is C21H17FN2O3S. The largest absolute Gasteiger partial charge is 0.465 e. The highest BCUT2D eigenvalue weighted by molar-refractivity contribution is 7.98. The van der Waals surface area contributed by atoms with E-state index in [1.165, 1.54) is 49.3 Å². The van der Waals surface area contributed by atoms with Gasteiger partial charge in [0.25, 0.3) is 5.91 Å². The van der Waals surface area contributed by atoms with Crippen LogP contribution in [0.5, 0.6) is 0 Å². The van der Waals surface area contributed by atoms with E-state index in [4.69, 9.17) is 0 Å². The molecule has 1 heterocycles. The fourth-order valence-corrected chi connectivity index (χ4v) is 3.15. The van der Waals surface area contributed by atoms with E-state index in [0.717, 1.165) is 10.6 Å². The number of esters is 1. The zero-order valence-electron chi connectivity index (χ0n) is 15.0. The van der Waals surface area contributed by atoms with Crippen LogP contribution in [0.1, 0.15) is 26.3 Å². The number of thioether (sulfide) groups is 1. The number of aromatic nitrogens is 1. The van der Waals surface area contributed by atoms with Crippen LogP contribution < -0.4 is 5.32 Å². The number of carbonyl (C=O) groups is 2. The van der Waals surface area contributed by atoms with Crippen LogP contribution in [0.2, 0.25) is 0 Å². The summed E-state index contributed by atoms with van der Waals surface area (Å²) in [7, 11) is 1.35. The summed E-state index contributed by atoms with van der Waals surface area (Å²) in [5.41, 5.74) is 2.47. The number of pyridine rings is 1. The quantitative estimate of drug-likeness (QED) is 0.489. The molecular weight excluding hydrogens is 379 g/mol. The van der Waals surface area contributed by atoms with Crippen molar-refractivity contribution >= 4 is 29.3 Å². The fraction of sp³-hybridized carbons (Fsp3) is 0.0952. The molecule has 0 saturated heterocycles. The van der Waals surface area contributed by atoms with Crippen molar-refractivity contribution in [3.63, 3.8) is 0 Å². The number of anilines is 1. The van der Waals surface area contributed by atoms with Gasteiger partial charge in [-0.25, -0.2) is 14.2 Å². The Morgan fingerprint density at radius 3 is 2.29 bits per heavy atom. The van der Waals surface area contributed by atoms with Crippen molar-refractivity contribution in [2.24, 2.45) is 0 Å². The van der Waals surface area contributed by atoms with Crippen LogP contribution in [0.3, 0.4) is 0 Å². The van der Waals surface area contributed by atoms with E-state index in [0.29, 0.717) is 22.6 Å². The van der Waals surface area contributed by atoms with Crippen LogP contribution in [-0.4, -0.2) is 24.0 Å². The van der Waals surface area contributed by atoms with E-state index >= 15 is 0 Å². The number of nitrogens with one attached hydrogen (secondary N) is 1. The predicted molar refractivity (Wildman–Crippen MR) is 106 cm³/mol. The minimum Gasteiger partial charge on any atom is -0.465 e. The summed E-state index contributed by atoms with van der Waals surface area (Å²) >= 11 is 1.52. The van der Waals surface area contributed by atoms with Crippen LogP contribution in [0.25, 0.3) is 0 Å². The molecule has 0 atom stereocenters. The van der Waals surface area contributed by atoms with Crippen molar-refractivity contribution in [2.45, 2.75) is 10.8 Å². The van der Waals surface area contributed by atoms with Gasteiger partial charge in [0.15, 0.2) is 0 Å². The monoisotopic (exact) mass is 396 g/mol. The molecule has 28 heavy (non-hydrogen) atoms. The third-order valence-corrected chi connectivity index (χ3v) is 4.88. The van der Waals surface area contributed by atoms with Crippen molar-refractivity contribution in [3.05, 3.63) is 89.4 Å². The van der Waals surface area contributed by atoms with Gasteiger partial charge in [0, 0.05) is 17.6 Å². The summed E-state index contributed by atoms with van der Waals surface area (Å²) < 4.78 is 17.6. The lowest BCUT2D eigenvalue weighted by Gasteiger charge is -2.06. The van der Waals surface area contributed by atoms with Crippen LogP contribution in [0.4, 0.5) is 10.1 Å². The van der Waals surface area contributed by atoms with E-state index in [9.17, 15) is 14.0 Å². The number of hydrogen-bond donors (Lipinski definition) is 1. The molecule has 0 bridgehead atoms. The van der Waals surface area contributed by atoms with Crippen molar-refractivity contribution < 1.29 is 18.7 Å². The van der Waals surface area contributed by atoms with Crippen LogP contribution in [-0.2, 0) is 10.5 Å². The number of methoxy groups -OCH3 is 1. The predicted octanol–water partition coefficient (Wildman–Crippen LogP) is 4.55. The lowest BCUT2D eigenvalue weighted by atomic mass is 10.1. The minimum atomic E-state index is -0.365. The molecule has 5 nitrogen and oxygen atoms in total. The smallest absolute Gasteiger partial charge is 0.337 e. The lowest BCUT2D eigenvalue weighted by Crippen LogP contribution is -2.12. The summed E-state index contributed by atoms with van der Waals surface area (Å²) in [6, 6.07) is 16.2. The van der Waals surface area contributed by atoms with E-state index in [-0.39, 0.29) is 17.7 Å². The van der Waals surface area contributed by atoms with Gasteiger partial charge in [-0.15, -0.1) is 11.8 Å². The fourth-order valence-electron chi connectivity index (χ4n) is 2.35. The molecule has 0 fully saturated rings. The molecule has 0 aliphatic heterocycles. The summed E-state index contributed by atoms with van der Waals surface area (Å²) in [6.07, 6.45) is 1.50. The van der Waals surface area contributed by atoms with E-state index < -0.39 is 0 Å². The molecule has 0 saturated carbocycles. The molecule has 0 spiro atoms. The highest BCUT2D eigenvalue weighted by atomic mass is 32.2. The first kappa shape index (κ1) is 19.6. The van der Waals surface area contributed by atoms with Gasteiger partial charge >= 0.3 is 5.97 Å². The number of ether oxygens (including phenoxy) is 1. The highest BCUT2D eigenvalue weighted by Crippen LogP contribution is 2.21. The third-order valence-electron chi connectivity index (χ3n) is 3.86. The number of carbonyl (C=O) groups excluding carboxylic acids is 2. The molecule has 0 aliphatic carbocycles. The molecule has 3 rings (SSSR count). The normalized spacial score (nSPS) is 10.4. The second-order valence-corrected chi connectivity index (χ2v) is 6.82. The first-order valence-electron chi connectivity index (χ1n) is 8.38. The second-order valence-electron chi connectivity index (χ2n) is 5.82. The van der Waals surface area contributed by atoms with Crippen molar-refractivity contribution in [3.8, 4) is 0 Å². The number of hydrogen-bond acceptors (Lipinski definition) is 5. The molecule has 0 radical (unpaired) electrons. The first-order valence-corrected chi connectivity index (χ1v) is 9.37. The van der Waals surface area contributed by atoms with Gasteiger partial charge < -0.3 is 10.1 Å². The minimum absolute atomic E-state index is 0.311. The summed E-state index contributed by atoms with van der Waals surface area (Å²) in [5.74, 6) is -0.360. The zero-order valence-corrected chi connectivity index (χ0v) is 15.8. The first-order chi connectivity index (χ1) is 13.5. The van der Waals surface area contributed by atoms with Crippen molar-refractivity contribution in [2.75, 3.05) is 12.4 Å². The Balaban J connectivity index is 1.56. The molecule has 1 amide bonds. The van der Waals surface area contributed by atoms with Gasteiger partial charge in [-0.05, 0) is 54.1 Å². The standard InChI is InChI=1S/C21H17FN2O3S/c1-27-21(26)15-4-2-14(3-5-15)13-28-19-11-6-16(12-23-19)20(25)24-18-9-7-17(22)8-10-18/h2-12H,13H2,1H3,(H,24,25). The van der Waals surface area contributed by atoms with Gasteiger partial charge in [0.1, 0.15) is 5.82 Å². The van der Waals surface area contributed by atoms with Crippen LogP contribution in [0, 0.1) is 5.82 Å². The maximum Gasteiger partial charge on any atom is 0.337 e. The van der Waals surface area contributed by atoms with E-state index in [1.54, 1.807) is 24.3 Å². The summed E-state index contributed by atoms with van der Waals surface area (Å²) in [5, 5.41) is 3.47. The molecule has 3 aromatic rings. The topological polar surface area (TPSA) is 68.3 Å². The Bertz CT molecular complexity index is 958. The van der Waals surface area contributed by atoms with Gasteiger partial charge in [-0.3, -0.25) is 4.79 Å². The number of nitrogens with zero attached hydrogens (tertiary/aromatic N) is 1. The number of rotatable bonds is 6. The lowest BCUT2D eigenvalue weighted by molar-refractivity contribution is 0.0600. The molecule has 0 aliphatic rings. The SMILES string of the molecule is COC(=O)c1ccc(CSc2ccc(C(=O)Nc3ccc(F)cc3)cn2)cc1. The van der Waals surface area contributed by atoms with Crippen LogP contribution >= 0.6 is 11.8 Å². The maximum absolute atomic E-state index is 12.9. The van der Waals surface area contributed by atoms with Gasteiger partial charge in [0.2, 0.25) is 0 Å². The Morgan fingerprint density at radius 2 is 1.68 bits per heavy atom. The molecule has 142 valence electrons. The van der Waals surface area contributed by atoms with E-state index in [1.807, 2.05) is 12.1 Å². The maximum atomic E-state index is 12.9. The molecule has 2 aromatic carbocycles. The van der Waals surface area contributed by atoms with Gasteiger partial charge in [0.05, 0.1) is 23.3 Å². The average Bonchev–Trinajstić information content (AvgIpc) is 2.74. The summed E-state index contributed by atoms with van der Waals surface area (Å²) in [4.78, 5) is 27.9. The second kappa shape index (κ2) is 9.14. The third kappa shape index (κ3) is 5.17. The van der Waals surface area contributed by atoms with Gasteiger partial charge in [-0.2, -0.15) is 0 Å². The van der Waals surface area contributed by atoms with Crippen molar-refractivity contribution in [1.82, 2.24) is 4.98 Å². The number of halogens is 1. The number of amides is 1. The Hall–Kier alpha value is -3.19. The zero-order chi connectivity index (χ0) is 19.9. The Kier molecular flexibility index (Phi) is 6.39. The summed E-state index contributed by atoms with van der Waals surface area (Å²) in [6.45, 7) is 0. The highest BCUT2D eigenvalue weighted by Gasteiger charge is 2.08. The van der Waals surface area contributed by atoms with E-state index in [2.05, 4.69) is 15.0 Å². The van der Waals surface area contributed by atoms with Crippen molar-refractivity contribution in [1.29, 1.82) is 0 Å². The molecule has 1 N–H and O–H groups in total. The molecule has 0 unspecified atom stereocenters. The number of benzene rings is 2. The van der Waals surface area contributed by atoms with Gasteiger partial charge in [-0.1, -0.05) is 12.1 Å². The van der Waals surface area contributed by atoms with Crippen LogP contribution in [0.15, 0.2) is 71.9 Å². The average molecular weight is 396 g/mol. The molecule has 1 aromatic heterocycles.